The largest absolute Gasteiger partial charge is 0.464 e. The molecule has 0 saturated carbocycles. The SMILES string of the molecule is CCCCCCCCCOC(=O)COCCOCCOCC(=O)OCCCCCCCCC. The molecule has 0 bridgehead atoms. The fourth-order valence-corrected chi connectivity index (χ4v) is 3.22. The number of rotatable bonds is 26. The second kappa shape index (κ2) is 27.1. The molecule has 0 aliphatic carbocycles. The van der Waals surface area contributed by atoms with Gasteiger partial charge in [-0.1, -0.05) is 90.9 Å². The fraction of sp³-hybridized carbons (Fsp3) is 0.923. The van der Waals surface area contributed by atoms with E-state index in [1.54, 1.807) is 0 Å². The van der Waals surface area contributed by atoms with E-state index in [1.165, 1.54) is 64.2 Å². The Hall–Kier alpha value is -1.18. The van der Waals surface area contributed by atoms with Gasteiger partial charge in [0.1, 0.15) is 13.2 Å². The molecule has 0 fully saturated rings. The van der Waals surface area contributed by atoms with Crippen LogP contribution in [0.5, 0.6) is 0 Å². The first kappa shape index (κ1) is 31.8. The van der Waals surface area contributed by atoms with Crippen LogP contribution in [0.1, 0.15) is 104 Å². The third-order valence-corrected chi connectivity index (χ3v) is 5.21. The summed E-state index contributed by atoms with van der Waals surface area (Å²) >= 11 is 0. The van der Waals surface area contributed by atoms with Crippen LogP contribution in [0.3, 0.4) is 0 Å². The first-order chi connectivity index (χ1) is 16.2. The second-order valence-corrected chi connectivity index (χ2v) is 8.40. The van der Waals surface area contributed by atoms with E-state index in [-0.39, 0.29) is 25.2 Å². The van der Waals surface area contributed by atoms with Gasteiger partial charge in [0.2, 0.25) is 0 Å². The molecule has 7 nitrogen and oxygen atoms in total. The first-order valence-electron chi connectivity index (χ1n) is 13.2. The highest BCUT2D eigenvalue weighted by atomic mass is 16.6. The average molecular weight is 475 g/mol. The predicted molar refractivity (Wildman–Crippen MR) is 130 cm³/mol. The van der Waals surface area contributed by atoms with Crippen molar-refractivity contribution in [3.8, 4) is 0 Å². The maximum Gasteiger partial charge on any atom is 0.332 e. The standard InChI is InChI=1S/C26H50O7/c1-3-5-7-9-11-13-15-17-32-25(27)23-30-21-19-29-20-22-31-24-26(28)33-18-16-14-12-10-8-6-4-2/h3-24H2,1-2H3. The Morgan fingerprint density at radius 1 is 0.424 bits per heavy atom. The van der Waals surface area contributed by atoms with Crippen molar-refractivity contribution in [1.29, 1.82) is 0 Å². The van der Waals surface area contributed by atoms with E-state index in [0.29, 0.717) is 39.6 Å². The van der Waals surface area contributed by atoms with E-state index in [9.17, 15) is 9.59 Å². The smallest absolute Gasteiger partial charge is 0.332 e. The Labute approximate surface area is 202 Å². The number of hydrogen-bond donors (Lipinski definition) is 0. The number of carbonyl (C=O) groups excluding carboxylic acids is 2. The summed E-state index contributed by atoms with van der Waals surface area (Å²) in [4.78, 5) is 23.1. The minimum atomic E-state index is -0.334. The van der Waals surface area contributed by atoms with Gasteiger partial charge in [0.15, 0.2) is 0 Å². The van der Waals surface area contributed by atoms with Gasteiger partial charge in [-0.15, -0.1) is 0 Å². The van der Waals surface area contributed by atoms with Gasteiger partial charge in [0, 0.05) is 0 Å². The highest BCUT2D eigenvalue weighted by Crippen LogP contribution is 2.07. The third-order valence-electron chi connectivity index (χ3n) is 5.21. The van der Waals surface area contributed by atoms with Gasteiger partial charge in [0.05, 0.1) is 39.6 Å². The lowest BCUT2D eigenvalue weighted by Crippen LogP contribution is -2.18. The molecule has 0 aromatic carbocycles. The lowest BCUT2D eigenvalue weighted by molar-refractivity contribution is -0.149. The molecule has 0 unspecified atom stereocenters. The molecule has 0 aromatic heterocycles. The van der Waals surface area contributed by atoms with Crippen LogP contribution in [-0.4, -0.2) is 64.8 Å². The monoisotopic (exact) mass is 474 g/mol. The van der Waals surface area contributed by atoms with Gasteiger partial charge in [-0.05, 0) is 12.8 Å². The number of hydrogen-bond acceptors (Lipinski definition) is 7. The molecule has 0 saturated heterocycles. The zero-order valence-corrected chi connectivity index (χ0v) is 21.4. The summed E-state index contributed by atoms with van der Waals surface area (Å²) in [5.41, 5.74) is 0. The maximum atomic E-state index is 11.6. The lowest BCUT2D eigenvalue weighted by Gasteiger charge is -2.08. The van der Waals surface area contributed by atoms with Crippen molar-refractivity contribution in [2.45, 2.75) is 104 Å². The molecule has 0 aliphatic heterocycles. The molecule has 0 atom stereocenters. The van der Waals surface area contributed by atoms with Crippen molar-refractivity contribution >= 4 is 11.9 Å². The van der Waals surface area contributed by atoms with Gasteiger partial charge in [0.25, 0.3) is 0 Å². The normalized spacial score (nSPS) is 11.0. The number of unbranched alkanes of at least 4 members (excludes halogenated alkanes) is 12. The molecule has 0 amide bonds. The summed E-state index contributed by atoms with van der Waals surface area (Å²) in [5, 5.41) is 0. The summed E-state index contributed by atoms with van der Waals surface area (Å²) in [7, 11) is 0. The van der Waals surface area contributed by atoms with E-state index < -0.39 is 0 Å². The van der Waals surface area contributed by atoms with E-state index in [4.69, 9.17) is 23.7 Å². The van der Waals surface area contributed by atoms with E-state index >= 15 is 0 Å². The summed E-state index contributed by atoms with van der Waals surface area (Å²) in [6, 6.07) is 0. The summed E-state index contributed by atoms with van der Waals surface area (Å²) in [5.74, 6) is -0.668. The predicted octanol–water partition coefficient (Wildman–Crippen LogP) is 5.62. The fourth-order valence-electron chi connectivity index (χ4n) is 3.22. The van der Waals surface area contributed by atoms with Gasteiger partial charge in [-0.2, -0.15) is 0 Å². The highest BCUT2D eigenvalue weighted by molar-refractivity contribution is 5.70. The second-order valence-electron chi connectivity index (χ2n) is 8.40. The molecule has 0 aliphatic rings. The molecule has 0 N–H and O–H groups in total. The molecular formula is C26H50O7. The Bertz CT molecular complexity index is 391. The Morgan fingerprint density at radius 2 is 0.758 bits per heavy atom. The first-order valence-corrected chi connectivity index (χ1v) is 13.2. The lowest BCUT2D eigenvalue weighted by atomic mass is 10.1. The van der Waals surface area contributed by atoms with Crippen molar-refractivity contribution in [2.24, 2.45) is 0 Å². The summed E-state index contributed by atoms with van der Waals surface area (Å²) in [6.07, 6.45) is 16.7. The van der Waals surface area contributed by atoms with Crippen LogP contribution in [-0.2, 0) is 33.3 Å². The zero-order valence-electron chi connectivity index (χ0n) is 21.4. The van der Waals surface area contributed by atoms with Crippen LogP contribution in [0, 0.1) is 0 Å². The zero-order chi connectivity index (χ0) is 24.2. The summed E-state index contributed by atoms with van der Waals surface area (Å²) in [6.45, 7) is 6.58. The van der Waals surface area contributed by atoms with Gasteiger partial charge < -0.3 is 23.7 Å². The molecular weight excluding hydrogens is 424 g/mol. The quantitative estimate of drug-likeness (QED) is 0.119. The molecule has 196 valence electrons. The molecule has 0 spiro atoms. The van der Waals surface area contributed by atoms with Crippen LogP contribution in [0.15, 0.2) is 0 Å². The highest BCUT2D eigenvalue weighted by Gasteiger charge is 2.04. The average Bonchev–Trinajstić information content (AvgIpc) is 2.81. The molecule has 0 heterocycles. The topological polar surface area (TPSA) is 80.3 Å². The number of ether oxygens (including phenoxy) is 5. The van der Waals surface area contributed by atoms with Crippen LogP contribution < -0.4 is 0 Å². The van der Waals surface area contributed by atoms with Crippen molar-refractivity contribution in [3.05, 3.63) is 0 Å². The molecule has 7 heteroatoms. The molecule has 0 aromatic rings. The maximum absolute atomic E-state index is 11.6. The number of carbonyl (C=O) groups is 2. The third kappa shape index (κ3) is 26.9. The molecule has 33 heavy (non-hydrogen) atoms. The molecule has 0 radical (unpaired) electrons. The summed E-state index contributed by atoms with van der Waals surface area (Å²) < 4.78 is 26.1. The minimum Gasteiger partial charge on any atom is -0.464 e. The van der Waals surface area contributed by atoms with Crippen molar-refractivity contribution < 1.29 is 33.3 Å². The number of esters is 2. The molecule has 0 rings (SSSR count). The minimum absolute atomic E-state index is 0.0546. The Kier molecular flexibility index (Phi) is 26.1. The van der Waals surface area contributed by atoms with Crippen LogP contribution in [0.25, 0.3) is 0 Å². The van der Waals surface area contributed by atoms with Crippen molar-refractivity contribution in [1.82, 2.24) is 0 Å². The van der Waals surface area contributed by atoms with E-state index in [1.807, 2.05) is 0 Å². The van der Waals surface area contributed by atoms with Crippen LogP contribution >= 0.6 is 0 Å². The van der Waals surface area contributed by atoms with Gasteiger partial charge in [-0.3, -0.25) is 0 Å². The van der Waals surface area contributed by atoms with E-state index in [2.05, 4.69) is 13.8 Å². The Morgan fingerprint density at radius 3 is 1.15 bits per heavy atom. The van der Waals surface area contributed by atoms with Gasteiger partial charge in [-0.25, -0.2) is 9.59 Å². The van der Waals surface area contributed by atoms with Gasteiger partial charge >= 0.3 is 11.9 Å². The van der Waals surface area contributed by atoms with Crippen LogP contribution in [0.4, 0.5) is 0 Å². The Balaban J connectivity index is 3.24. The van der Waals surface area contributed by atoms with Crippen LogP contribution in [0.2, 0.25) is 0 Å². The van der Waals surface area contributed by atoms with E-state index in [0.717, 1.165) is 25.7 Å². The van der Waals surface area contributed by atoms with Crippen molar-refractivity contribution in [3.63, 3.8) is 0 Å². The van der Waals surface area contributed by atoms with Crippen molar-refractivity contribution in [2.75, 3.05) is 52.9 Å².